The molecule has 114 valence electrons. The van der Waals surface area contributed by atoms with Crippen LogP contribution >= 0.6 is 0 Å². The predicted molar refractivity (Wildman–Crippen MR) is 83.5 cm³/mol. The van der Waals surface area contributed by atoms with Gasteiger partial charge < -0.3 is 15.6 Å². The zero-order valence-corrected chi connectivity index (χ0v) is 12.2. The summed E-state index contributed by atoms with van der Waals surface area (Å²) in [6.45, 7) is 0.0437. The van der Waals surface area contributed by atoms with Crippen LogP contribution in [-0.2, 0) is 22.4 Å². The Morgan fingerprint density at radius 1 is 1.00 bits per heavy atom. The molecule has 1 fully saturated rings. The second-order valence-electron chi connectivity index (χ2n) is 5.88. The highest BCUT2D eigenvalue weighted by molar-refractivity contribution is 5.82. The van der Waals surface area contributed by atoms with Crippen LogP contribution in [0.2, 0.25) is 0 Å². The fraction of sp³-hybridized carbons (Fsp3) is 0.278. The quantitative estimate of drug-likeness (QED) is 0.885. The largest absolute Gasteiger partial charge is 0.480 e. The third kappa shape index (κ3) is 2.40. The normalized spacial score (nSPS) is 22.8. The Kier molecular flexibility index (Phi) is 3.72. The molecule has 1 heterocycles. The molecule has 2 aromatic rings. The Labute approximate surface area is 129 Å². The maximum absolute atomic E-state index is 11.7. The second-order valence-corrected chi connectivity index (χ2v) is 5.88. The lowest BCUT2D eigenvalue weighted by Crippen LogP contribution is -2.79. The molecule has 1 aliphatic rings. The summed E-state index contributed by atoms with van der Waals surface area (Å²) in [6.07, 6.45) is 0.955. The van der Waals surface area contributed by atoms with E-state index in [0.29, 0.717) is 12.8 Å². The topological polar surface area (TPSA) is 72.6 Å². The van der Waals surface area contributed by atoms with E-state index in [-0.39, 0.29) is 6.61 Å². The van der Waals surface area contributed by atoms with E-state index in [1.54, 1.807) is 0 Å². The number of carboxylic acids is 1. The van der Waals surface area contributed by atoms with E-state index in [9.17, 15) is 9.90 Å². The first-order valence-electron chi connectivity index (χ1n) is 7.30. The molecule has 4 heteroatoms. The molecule has 22 heavy (non-hydrogen) atoms. The van der Waals surface area contributed by atoms with Gasteiger partial charge in [0, 0.05) is 12.8 Å². The Morgan fingerprint density at radius 2 is 1.45 bits per heavy atom. The summed E-state index contributed by atoms with van der Waals surface area (Å²) in [5, 5.41) is 9.58. The first kappa shape index (κ1) is 14.8. The van der Waals surface area contributed by atoms with Gasteiger partial charge in [0.2, 0.25) is 0 Å². The minimum absolute atomic E-state index is 0.0437. The number of benzene rings is 2. The number of carbonyl (C=O) groups is 1. The van der Waals surface area contributed by atoms with Gasteiger partial charge in [-0.2, -0.15) is 0 Å². The van der Waals surface area contributed by atoms with Crippen molar-refractivity contribution >= 4 is 5.97 Å². The van der Waals surface area contributed by atoms with Crippen LogP contribution in [0.1, 0.15) is 11.1 Å². The van der Waals surface area contributed by atoms with Gasteiger partial charge in [0.1, 0.15) is 5.60 Å². The van der Waals surface area contributed by atoms with Crippen molar-refractivity contribution < 1.29 is 14.6 Å². The SMILES string of the molecule is NC1(C(=O)O)COC1(Cc1ccccc1)Cc1ccccc1. The highest BCUT2D eigenvalue weighted by Crippen LogP contribution is 2.41. The van der Waals surface area contributed by atoms with Crippen LogP contribution in [0.3, 0.4) is 0 Å². The number of aliphatic carboxylic acids is 1. The summed E-state index contributed by atoms with van der Waals surface area (Å²) >= 11 is 0. The minimum Gasteiger partial charge on any atom is -0.480 e. The smallest absolute Gasteiger partial charge is 0.329 e. The zero-order chi connectivity index (χ0) is 15.6. The van der Waals surface area contributed by atoms with Crippen molar-refractivity contribution in [3.63, 3.8) is 0 Å². The van der Waals surface area contributed by atoms with Gasteiger partial charge in [0.15, 0.2) is 5.54 Å². The molecule has 3 rings (SSSR count). The minimum atomic E-state index is -1.36. The van der Waals surface area contributed by atoms with E-state index in [1.165, 1.54) is 0 Å². The Hall–Kier alpha value is -2.17. The summed E-state index contributed by atoms with van der Waals surface area (Å²) in [4.78, 5) is 11.7. The van der Waals surface area contributed by atoms with Gasteiger partial charge >= 0.3 is 5.97 Å². The molecule has 0 aliphatic carbocycles. The zero-order valence-electron chi connectivity index (χ0n) is 12.2. The summed E-state index contributed by atoms with van der Waals surface area (Å²) in [7, 11) is 0. The molecule has 1 saturated heterocycles. The molecule has 3 N–H and O–H groups in total. The molecule has 0 saturated carbocycles. The third-order valence-electron chi connectivity index (χ3n) is 4.44. The van der Waals surface area contributed by atoms with E-state index < -0.39 is 17.1 Å². The molecule has 1 unspecified atom stereocenters. The molecule has 0 spiro atoms. The molecule has 1 atom stereocenters. The second kappa shape index (κ2) is 5.55. The molecule has 2 aromatic carbocycles. The standard InChI is InChI=1S/C18H19NO3/c19-18(16(20)21)13-22-17(18,11-14-7-3-1-4-8-14)12-15-9-5-2-6-10-15/h1-10H,11-13,19H2,(H,20,21). The van der Waals surface area contributed by atoms with Crippen LogP contribution < -0.4 is 5.73 Å². The van der Waals surface area contributed by atoms with Crippen LogP contribution in [0, 0.1) is 0 Å². The number of hydrogen-bond acceptors (Lipinski definition) is 3. The molecule has 0 bridgehead atoms. The Balaban J connectivity index is 1.94. The van der Waals surface area contributed by atoms with Crippen LogP contribution in [0.5, 0.6) is 0 Å². The van der Waals surface area contributed by atoms with E-state index in [0.717, 1.165) is 11.1 Å². The van der Waals surface area contributed by atoms with Crippen LogP contribution in [0.4, 0.5) is 0 Å². The van der Waals surface area contributed by atoms with Gasteiger partial charge in [-0.1, -0.05) is 60.7 Å². The molecule has 0 aromatic heterocycles. The maximum atomic E-state index is 11.7. The van der Waals surface area contributed by atoms with Crippen molar-refractivity contribution in [3.05, 3.63) is 71.8 Å². The van der Waals surface area contributed by atoms with Gasteiger partial charge in [-0.15, -0.1) is 0 Å². The number of nitrogens with two attached hydrogens (primary N) is 1. The van der Waals surface area contributed by atoms with Crippen molar-refractivity contribution in [1.82, 2.24) is 0 Å². The lowest BCUT2D eigenvalue weighted by Gasteiger charge is -2.54. The molecule has 1 aliphatic heterocycles. The maximum Gasteiger partial charge on any atom is 0.329 e. The highest BCUT2D eigenvalue weighted by atomic mass is 16.5. The van der Waals surface area contributed by atoms with Crippen molar-refractivity contribution in [3.8, 4) is 0 Å². The number of hydrogen-bond donors (Lipinski definition) is 2. The first-order valence-corrected chi connectivity index (χ1v) is 7.30. The summed E-state index contributed by atoms with van der Waals surface area (Å²) in [5.41, 5.74) is 5.96. The number of ether oxygens (including phenoxy) is 1. The number of carboxylic acid groups (broad SMARTS) is 1. The first-order chi connectivity index (χ1) is 10.6. The van der Waals surface area contributed by atoms with Crippen molar-refractivity contribution in [2.75, 3.05) is 6.61 Å². The van der Waals surface area contributed by atoms with E-state index in [2.05, 4.69) is 0 Å². The van der Waals surface area contributed by atoms with Crippen LogP contribution in [0.25, 0.3) is 0 Å². The van der Waals surface area contributed by atoms with E-state index in [4.69, 9.17) is 10.5 Å². The monoisotopic (exact) mass is 297 g/mol. The van der Waals surface area contributed by atoms with Gasteiger partial charge in [0.25, 0.3) is 0 Å². The van der Waals surface area contributed by atoms with Gasteiger partial charge in [-0.05, 0) is 11.1 Å². The fourth-order valence-electron chi connectivity index (χ4n) is 3.02. The van der Waals surface area contributed by atoms with Crippen LogP contribution in [0.15, 0.2) is 60.7 Å². The van der Waals surface area contributed by atoms with E-state index in [1.807, 2.05) is 60.7 Å². The summed E-state index contributed by atoms with van der Waals surface area (Å²) in [6, 6.07) is 19.5. The summed E-state index contributed by atoms with van der Waals surface area (Å²) < 4.78 is 5.80. The lowest BCUT2D eigenvalue weighted by atomic mass is 9.68. The average molecular weight is 297 g/mol. The Morgan fingerprint density at radius 3 is 1.77 bits per heavy atom. The Bertz CT molecular complexity index is 615. The summed E-state index contributed by atoms with van der Waals surface area (Å²) in [5.74, 6) is -1.01. The van der Waals surface area contributed by atoms with Gasteiger partial charge in [0.05, 0.1) is 6.61 Å². The number of rotatable bonds is 5. The van der Waals surface area contributed by atoms with Gasteiger partial charge in [-0.3, -0.25) is 4.79 Å². The molecular formula is C18H19NO3. The average Bonchev–Trinajstić information content (AvgIpc) is 2.54. The molecular weight excluding hydrogens is 278 g/mol. The third-order valence-corrected chi connectivity index (χ3v) is 4.44. The predicted octanol–water partition coefficient (Wildman–Crippen LogP) is 2.02. The van der Waals surface area contributed by atoms with Gasteiger partial charge in [-0.25, -0.2) is 0 Å². The van der Waals surface area contributed by atoms with E-state index >= 15 is 0 Å². The highest BCUT2D eigenvalue weighted by Gasteiger charge is 2.63. The molecule has 0 radical (unpaired) electrons. The van der Waals surface area contributed by atoms with Crippen molar-refractivity contribution in [2.45, 2.75) is 24.0 Å². The fourth-order valence-corrected chi connectivity index (χ4v) is 3.02. The molecule has 0 amide bonds. The van der Waals surface area contributed by atoms with Crippen molar-refractivity contribution in [1.29, 1.82) is 0 Å². The lowest BCUT2D eigenvalue weighted by molar-refractivity contribution is -0.226. The van der Waals surface area contributed by atoms with Crippen molar-refractivity contribution in [2.24, 2.45) is 5.73 Å². The molecule has 4 nitrogen and oxygen atoms in total. The van der Waals surface area contributed by atoms with Crippen LogP contribution in [-0.4, -0.2) is 28.8 Å².